The third-order valence-corrected chi connectivity index (χ3v) is 7.15. The van der Waals surface area contributed by atoms with Gasteiger partial charge in [-0.05, 0) is 89.2 Å². The summed E-state index contributed by atoms with van der Waals surface area (Å²) in [7, 11) is 0. The van der Waals surface area contributed by atoms with Crippen LogP contribution in [0, 0.1) is 6.92 Å². The molecule has 0 atom stereocenters. The van der Waals surface area contributed by atoms with Gasteiger partial charge in [-0.2, -0.15) is 0 Å². The molecule has 0 saturated heterocycles. The molecule has 0 aromatic heterocycles. The minimum absolute atomic E-state index is 0.260. The second-order valence-corrected chi connectivity index (χ2v) is 10.7. The Kier molecular flexibility index (Phi) is 11.6. The standard InChI is InChI=1S/C14H14O.2C13H12O2/c1-11-2-4-12(5-3-11)10-13-6-8-14(15)9-7-13;14-12-7-3-1-5-10(12)9-11-6-2-4-8-13(11)15;14-12-7-5-10(6-8-12)9-11-3-1-2-4-13(11)15/h2-9,15H,10H2,1H3;2*1-8,14-15H,9H2. The van der Waals surface area contributed by atoms with E-state index >= 15 is 0 Å². The molecule has 0 spiro atoms. The average Bonchev–Trinajstić information content (AvgIpc) is 3.04. The van der Waals surface area contributed by atoms with Gasteiger partial charge in [-0.1, -0.05) is 109 Å². The lowest BCUT2D eigenvalue weighted by atomic mass is 10.0. The number of rotatable bonds is 6. The van der Waals surface area contributed by atoms with Crippen molar-refractivity contribution >= 4 is 0 Å². The third-order valence-electron chi connectivity index (χ3n) is 7.15. The van der Waals surface area contributed by atoms with Crippen LogP contribution in [0.15, 0.2) is 146 Å². The van der Waals surface area contributed by atoms with E-state index in [2.05, 4.69) is 31.2 Å². The van der Waals surface area contributed by atoms with Gasteiger partial charge in [0.2, 0.25) is 0 Å². The highest BCUT2D eigenvalue weighted by molar-refractivity contribution is 5.41. The first-order valence-corrected chi connectivity index (χ1v) is 14.7. The van der Waals surface area contributed by atoms with Crippen molar-refractivity contribution in [3.63, 3.8) is 0 Å². The van der Waals surface area contributed by atoms with E-state index in [0.717, 1.165) is 28.7 Å². The number of aromatic hydroxyl groups is 5. The molecule has 0 unspecified atom stereocenters. The Balaban J connectivity index is 0.000000154. The first-order chi connectivity index (χ1) is 21.8. The molecule has 6 rings (SSSR count). The number of hydrogen-bond donors (Lipinski definition) is 5. The fourth-order valence-corrected chi connectivity index (χ4v) is 4.58. The fourth-order valence-electron chi connectivity index (χ4n) is 4.58. The summed E-state index contributed by atoms with van der Waals surface area (Å²) >= 11 is 0. The summed E-state index contributed by atoms with van der Waals surface area (Å²) in [6, 6.07) is 44.4. The highest BCUT2D eigenvalue weighted by Gasteiger charge is 2.04. The Bertz CT molecular complexity index is 1670. The van der Waals surface area contributed by atoms with Crippen molar-refractivity contribution < 1.29 is 25.5 Å². The molecule has 5 heteroatoms. The lowest BCUT2D eigenvalue weighted by molar-refractivity contribution is 0.463. The average molecular weight is 599 g/mol. The van der Waals surface area contributed by atoms with Crippen LogP contribution in [0.1, 0.15) is 38.9 Å². The SMILES string of the molecule is Cc1ccc(Cc2ccc(O)cc2)cc1.Oc1ccc(Cc2ccccc2O)cc1.Oc1ccccc1Cc1ccccc1O. The van der Waals surface area contributed by atoms with Crippen molar-refractivity contribution in [2.45, 2.75) is 26.2 Å². The molecule has 0 bridgehead atoms. The molecule has 0 aliphatic carbocycles. The molecule has 0 fully saturated rings. The van der Waals surface area contributed by atoms with Crippen LogP contribution in [-0.2, 0) is 19.3 Å². The second kappa shape index (κ2) is 16.2. The van der Waals surface area contributed by atoms with Crippen LogP contribution in [0.5, 0.6) is 28.7 Å². The van der Waals surface area contributed by atoms with Crippen molar-refractivity contribution in [3.05, 3.63) is 185 Å². The van der Waals surface area contributed by atoms with E-state index in [1.54, 1.807) is 60.7 Å². The first-order valence-electron chi connectivity index (χ1n) is 14.7. The van der Waals surface area contributed by atoms with Crippen LogP contribution in [0.25, 0.3) is 0 Å². The van der Waals surface area contributed by atoms with Gasteiger partial charge in [-0.25, -0.2) is 0 Å². The summed E-state index contributed by atoms with van der Waals surface area (Å²) in [5, 5.41) is 47.0. The van der Waals surface area contributed by atoms with Gasteiger partial charge in [0.25, 0.3) is 0 Å². The molecule has 0 saturated carbocycles. The van der Waals surface area contributed by atoms with E-state index in [9.17, 15) is 15.3 Å². The smallest absolute Gasteiger partial charge is 0.119 e. The maximum Gasteiger partial charge on any atom is 0.119 e. The van der Waals surface area contributed by atoms with Gasteiger partial charge in [-0.15, -0.1) is 0 Å². The van der Waals surface area contributed by atoms with Crippen molar-refractivity contribution in [3.8, 4) is 28.7 Å². The largest absolute Gasteiger partial charge is 0.508 e. The Morgan fingerprint density at radius 1 is 0.333 bits per heavy atom. The summed E-state index contributed by atoms with van der Waals surface area (Å²) in [6.45, 7) is 2.09. The van der Waals surface area contributed by atoms with Gasteiger partial charge in [0.15, 0.2) is 0 Å². The summed E-state index contributed by atoms with van der Waals surface area (Å²) in [6.07, 6.45) is 2.13. The van der Waals surface area contributed by atoms with E-state index < -0.39 is 0 Å². The quantitative estimate of drug-likeness (QED) is 0.132. The van der Waals surface area contributed by atoms with Gasteiger partial charge in [0, 0.05) is 12.8 Å². The van der Waals surface area contributed by atoms with E-state index in [4.69, 9.17) is 10.2 Å². The predicted octanol–water partition coefficient (Wildman–Crippen LogP) is 8.67. The van der Waals surface area contributed by atoms with Crippen LogP contribution < -0.4 is 0 Å². The normalized spacial score (nSPS) is 10.2. The van der Waals surface area contributed by atoms with E-state index in [1.165, 1.54) is 16.7 Å². The maximum atomic E-state index is 9.58. The number of benzene rings is 6. The molecule has 0 radical (unpaired) electrons. The number of phenols is 5. The zero-order valence-electron chi connectivity index (χ0n) is 25.2. The molecule has 0 aliphatic heterocycles. The molecule has 5 nitrogen and oxygen atoms in total. The summed E-state index contributed by atoms with van der Waals surface area (Å²) in [5.41, 5.74) is 7.39. The van der Waals surface area contributed by atoms with E-state index in [0.29, 0.717) is 24.3 Å². The molecule has 6 aromatic carbocycles. The molecular formula is C40H38O5. The second-order valence-electron chi connectivity index (χ2n) is 10.7. The van der Waals surface area contributed by atoms with E-state index in [-0.39, 0.29) is 17.2 Å². The molecule has 6 aromatic rings. The highest BCUT2D eigenvalue weighted by atomic mass is 16.3. The third kappa shape index (κ3) is 10.5. The zero-order chi connectivity index (χ0) is 32.0. The molecule has 0 aliphatic rings. The van der Waals surface area contributed by atoms with Crippen LogP contribution in [0.2, 0.25) is 0 Å². The van der Waals surface area contributed by atoms with Gasteiger partial charge in [0.05, 0.1) is 0 Å². The molecule has 5 N–H and O–H groups in total. The lowest BCUT2D eigenvalue weighted by Gasteiger charge is -2.05. The Labute approximate surface area is 264 Å². The van der Waals surface area contributed by atoms with Gasteiger partial charge >= 0.3 is 0 Å². The minimum atomic E-state index is 0.260. The van der Waals surface area contributed by atoms with Crippen LogP contribution in [-0.4, -0.2) is 25.5 Å². The lowest BCUT2D eigenvalue weighted by Crippen LogP contribution is -1.88. The van der Waals surface area contributed by atoms with Crippen molar-refractivity contribution in [1.82, 2.24) is 0 Å². The zero-order valence-corrected chi connectivity index (χ0v) is 25.2. The van der Waals surface area contributed by atoms with Gasteiger partial charge < -0.3 is 25.5 Å². The van der Waals surface area contributed by atoms with Crippen LogP contribution in [0.4, 0.5) is 0 Å². The monoisotopic (exact) mass is 598 g/mol. The Morgan fingerprint density at radius 3 is 1.02 bits per heavy atom. The molecule has 0 heterocycles. The van der Waals surface area contributed by atoms with Gasteiger partial charge in [-0.3, -0.25) is 0 Å². The Morgan fingerprint density at radius 2 is 0.644 bits per heavy atom. The van der Waals surface area contributed by atoms with Crippen LogP contribution in [0.3, 0.4) is 0 Å². The molecule has 228 valence electrons. The van der Waals surface area contributed by atoms with Gasteiger partial charge in [0.1, 0.15) is 28.7 Å². The fraction of sp³-hybridized carbons (Fsp3) is 0.100. The molecule has 45 heavy (non-hydrogen) atoms. The summed E-state index contributed by atoms with van der Waals surface area (Å²) in [4.78, 5) is 0. The number of hydrogen-bond acceptors (Lipinski definition) is 5. The minimum Gasteiger partial charge on any atom is -0.508 e. The van der Waals surface area contributed by atoms with Crippen LogP contribution >= 0.6 is 0 Å². The first kappa shape index (κ1) is 32.2. The van der Waals surface area contributed by atoms with Crippen molar-refractivity contribution in [2.24, 2.45) is 0 Å². The predicted molar refractivity (Wildman–Crippen MR) is 180 cm³/mol. The molecule has 0 amide bonds. The van der Waals surface area contributed by atoms with E-state index in [1.807, 2.05) is 60.7 Å². The highest BCUT2D eigenvalue weighted by Crippen LogP contribution is 2.24. The topological polar surface area (TPSA) is 101 Å². The summed E-state index contributed by atoms with van der Waals surface area (Å²) < 4.78 is 0. The Hall–Kier alpha value is -5.68. The number of para-hydroxylation sites is 3. The number of aryl methyl sites for hydroxylation is 1. The number of phenolic OH excluding ortho intramolecular Hbond substituents is 5. The summed E-state index contributed by atoms with van der Waals surface area (Å²) in [5.74, 6) is 1.42. The maximum absolute atomic E-state index is 9.58. The molecular weight excluding hydrogens is 560 g/mol. The van der Waals surface area contributed by atoms with Crippen molar-refractivity contribution in [1.29, 1.82) is 0 Å². The van der Waals surface area contributed by atoms with Crippen molar-refractivity contribution in [2.75, 3.05) is 0 Å².